The molecule has 6 nitrogen and oxygen atoms in total. The highest BCUT2D eigenvalue weighted by Gasteiger charge is 2.30. The number of likely N-dealkylation sites (tertiary alicyclic amines) is 1. The van der Waals surface area contributed by atoms with Crippen molar-refractivity contribution >= 4 is 29.5 Å². The molecule has 1 saturated heterocycles. The number of carbonyl (C=O) groups excluding carboxylic acids is 2. The topological polar surface area (TPSA) is 86.7 Å². The van der Waals surface area contributed by atoms with Crippen LogP contribution < -0.4 is 5.32 Å². The zero-order chi connectivity index (χ0) is 18.4. The van der Waals surface area contributed by atoms with Crippen LogP contribution in [0.3, 0.4) is 0 Å². The molecule has 2 N–H and O–H groups in total. The number of hydrogen-bond donors (Lipinski definition) is 2. The van der Waals surface area contributed by atoms with Crippen LogP contribution in [0.2, 0.25) is 0 Å². The monoisotopic (exact) mass is 364 g/mol. The minimum atomic E-state index is -1.02. The van der Waals surface area contributed by atoms with Gasteiger partial charge in [0.15, 0.2) is 0 Å². The molecule has 0 aliphatic carbocycles. The molecule has 1 atom stereocenters. The van der Waals surface area contributed by atoms with Crippen molar-refractivity contribution < 1.29 is 19.5 Å². The molecule has 0 bridgehead atoms. The minimum Gasteiger partial charge on any atom is -0.480 e. The lowest BCUT2D eigenvalue weighted by Gasteiger charge is -2.32. The van der Waals surface area contributed by atoms with Crippen LogP contribution in [0.1, 0.15) is 28.8 Å². The smallest absolute Gasteiger partial charge is 0.327 e. The van der Waals surface area contributed by atoms with Crippen molar-refractivity contribution in [3.05, 3.63) is 35.4 Å². The highest BCUT2D eigenvalue weighted by molar-refractivity contribution is 7.98. The predicted molar refractivity (Wildman–Crippen MR) is 97.8 cm³/mol. The summed E-state index contributed by atoms with van der Waals surface area (Å²) < 4.78 is 0. The summed E-state index contributed by atoms with van der Waals surface area (Å²) in [7, 11) is 0. The van der Waals surface area contributed by atoms with E-state index in [1.165, 1.54) is 11.8 Å². The van der Waals surface area contributed by atoms with Gasteiger partial charge >= 0.3 is 5.97 Å². The number of benzene rings is 1. The lowest BCUT2D eigenvalue weighted by Crippen LogP contribution is -2.48. The van der Waals surface area contributed by atoms with Crippen LogP contribution >= 0.6 is 11.8 Å². The van der Waals surface area contributed by atoms with Crippen molar-refractivity contribution in [3.63, 3.8) is 0 Å². The van der Waals surface area contributed by atoms with Crippen LogP contribution in [0.5, 0.6) is 0 Å². The van der Waals surface area contributed by atoms with E-state index < -0.39 is 12.0 Å². The number of rotatable bonds is 6. The molecule has 1 aliphatic heterocycles. The minimum absolute atomic E-state index is 0.0113. The molecule has 25 heavy (non-hydrogen) atoms. The van der Waals surface area contributed by atoms with Gasteiger partial charge in [-0.1, -0.05) is 18.2 Å². The molecule has 1 aromatic rings. The SMILES string of the molecule is CSCC(NC(=O)C1CCN(C(=O)c2ccccc2C)CC1)C(=O)O. The number of hydrogen-bond acceptors (Lipinski definition) is 4. The molecular weight excluding hydrogens is 340 g/mol. The van der Waals surface area contributed by atoms with Gasteiger partial charge in [-0.3, -0.25) is 9.59 Å². The standard InChI is InChI=1S/C18H24N2O4S/c1-12-5-3-4-6-14(12)17(22)20-9-7-13(8-10-20)16(21)19-15(11-25-2)18(23)24/h3-6,13,15H,7-11H2,1-2H3,(H,19,21)(H,23,24). The quantitative estimate of drug-likeness (QED) is 0.803. The van der Waals surface area contributed by atoms with Gasteiger partial charge in [0.25, 0.3) is 5.91 Å². The maximum absolute atomic E-state index is 12.6. The Morgan fingerprint density at radius 1 is 1.28 bits per heavy atom. The number of aryl methyl sites for hydroxylation is 1. The summed E-state index contributed by atoms with van der Waals surface area (Å²) in [5.74, 6) is -1.17. The zero-order valence-corrected chi connectivity index (χ0v) is 15.3. The maximum atomic E-state index is 12.6. The van der Waals surface area contributed by atoms with Gasteiger partial charge in [0.05, 0.1) is 0 Å². The van der Waals surface area contributed by atoms with E-state index in [0.717, 1.165) is 5.56 Å². The average molecular weight is 364 g/mol. The van der Waals surface area contributed by atoms with Gasteiger partial charge in [0.2, 0.25) is 5.91 Å². The first-order valence-corrected chi connectivity index (χ1v) is 9.70. The highest BCUT2D eigenvalue weighted by atomic mass is 32.2. The number of carboxylic acid groups (broad SMARTS) is 1. The van der Waals surface area contributed by atoms with Crippen molar-refractivity contribution in [1.82, 2.24) is 10.2 Å². The van der Waals surface area contributed by atoms with E-state index in [2.05, 4.69) is 5.32 Å². The van der Waals surface area contributed by atoms with E-state index in [1.54, 1.807) is 11.2 Å². The molecular formula is C18H24N2O4S. The fourth-order valence-electron chi connectivity index (χ4n) is 2.96. The first kappa shape index (κ1) is 19.3. The lowest BCUT2D eigenvalue weighted by molar-refractivity contribution is -0.142. The van der Waals surface area contributed by atoms with Gasteiger partial charge in [-0.05, 0) is 37.7 Å². The number of nitrogens with zero attached hydrogens (tertiary/aromatic N) is 1. The predicted octanol–water partition coefficient (Wildman–Crippen LogP) is 1.78. The third-order valence-corrected chi connectivity index (χ3v) is 5.14. The second kappa shape index (κ2) is 8.89. The number of aliphatic carboxylic acids is 1. The molecule has 0 radical (unpaired) electrons. The van der Waals surface area contributed by atoms with Gasteiger partial charge < -0.3 is 15.3 Å². The van der Waals surface area contributed by atoms with E-state index >= 15 is 0 Å². The second-order valence-electron chi connectivity index (χ2n) is 6.24. The largest absolute Gasteiger partial charge is 0.480 e. The molecule has 1 aliphatic rings. The van der Waals surface area contributed by atoms with Crippen molar-refractivity contribution in [2.24, 2.45) is 5.92 Å². The Hall–Kier alpha value is -2.02. The summed E-state index contributed by atoms with van der Waals surface area (Å²) in [5.41, 5.74) is 1.63. The van der Waals surface area contributed by atoms with Gasteiger partial charge in [-0.25, -0.2) is 4.79 Å². The fraction of sp³-hybridized carbons (Fsp3) is 0.500. The second-order valence-corrected chi connectivity index (χ2v) is 7.15. The van der Waals surface area contributed by atoms with E-state index in [9.17, 15) is 14.4 Å². The first-order valence-electron chi connectivity index (χ1n) is 8.31. The number of piperidine rings is 1. The Morgan fingerprint density at radius 2 is 1.92 bits per heavy atom. The number of carbonyl (C=O) groups is 3. The average Bonchev–Trinajstić information content (AvgIpc) is 2.61. The molecule has 0 spiro atoms. The first-order chi connectivity index (χ1) is 11.9. The van der Waals surface area contributed by atoms with Crippen molar-refractivity contribution in [2.75, 3.05) is 25.1 Å². The van der Waals surface area contributed by atoms with Crippen LogP contribution in [-0.4, -0.2) is 58.9 Å². The normalized spacial score (nSPS) is 16.3. The Kier molecular flexibility index (Phi) is 6.87. The maximum Gasteiger partial charge on any atom is 0.327 e. The summed E-state index contributed by atoms with van der Waals surface area (Å²) in [6, 6.07) is 6.60. The highest BCUT2D eigenvalue weighted by Crippen LogP contribution is 2.20. The summed E-state index contributed by atoms with van der Waals surface area (Å²) in [4.78, 5) is 37.8. The summed E-state index contributed by atoms with van der Waals surface area (Å²) in [6.07, 6.45) is 2.90. The van der Waals surface area contributed by atoms with Crippen LogP contribution in [0.15, 0.2) is 24.3 Å². The van der Waals surface area contributed by atoms with Gasteiger partial charge in [-0.15, -0.1) is 0 Å². The fourth-order valence-corrected chi connectivity index (χ4v) is 3.52. The van der Waals surface area contributed by atoms with E-state index in [0.29, 0.717) is 37.2 Å². The molecule has 1 heterocycles. The summed E-state index contributed by atoms with van der Waals surface area (Å²) in [6.45, 7) is 2.92. The Morgan fingerprint density at radius 3 is 2.48 bits per heavy atom. The van der Waals surface area contributed by atoms with Crippen molar-refractivity contribution in [1.29, 1.82) is 0 Å². The number of thioether (sulfide) groups is 1. The Bertz CT molecular complexity index is 642. The van der Waals surface area contributed by atoms with Crippen LogP contribution in [-0.2, 0) is 9.59 Å². The molecule has 0 saturated carbocycles. The molecule has 136 valence electrons. The van der Waals surface area contributed by atoms with Gasteiger partial charge in [0, 0.05) is 30.3 Å². The van der Waals surface area contributed by atoms with E-state index in [-0.39, 0.29) is 17.7 Å². The van der Waals surface area contributed by atoms with Crippen LogP contribution in [0, 0.1) is 12.8 Å². The summed E-state index contributed by atoms with van der Waals surface area (Å²) in [5, 5.41) is 11.7. The number of nitrogens with one attached hydrogen (secondary N) is 1. The molecule has 2 rings (SSSR count). The van der Waals surface area contributed by atoms with Crippen molar-refractivity contribution in [3.8, 4) is 0 Å². The molecule has 2 amide bonds. The van der Waals surface area contributed by atoms with Crippen LogP contribution in [0.25, 0.3) is 0 Å². The Labute approximate surface area is 152 Å². The van der Waals surface area contributed by atoms with E-state index in [4.69, 9.17) is 5.11 Å². The molecule has 0 aromatic heterocycles. The van der Waals surface area contributed by atoms with Gasteiger partial charge in [-0.2, -0.15) is 11.8 Å². The van der Waals surface area contributed by atoms with Gasteiger partial charge in [0.1, 0.15) is 6.04 Å². The lowest BCUT2D eigenvalue weighted by atomic mass is 9.94. The number of amides is 2. The zero-order valence-electron chi connectivity index (χ0n) is 14.5. The third-order valence-electron chi connectivity index (χ3n) is 4.48. The molecule has 1 fully saturated rings. The van der Waals surface area contributed by atoms with Crippen molar-refractivity contribution in [2.45, 2.75) is 25.8 Å². The molecule has 1 aromatic carbocycles. The van der Waals surface area contributed by atoms with Crippen LogP contribution in [0.4, 0.5) is 0 Å². The molecule has 7 heteroatoms. The summed E-state index contributed by atoms with van der Waals surface area (Å²) >= 11 is 1.38. The third kappa shape index (κ3) is 4.98. The number of carboxylic acids is 1. The van der Waals surface area contributed by atoms with E-state index in [1.807, 2.05) is 31.2 Å². The Balaban J connectivity index is 1.90. The molecule has 1 unspecified atom stereocenters.